The second-order valence-electron chi connectivity index (χ2n) is 4.62. The van der Waals surface area contributed by atoms with E-state index in [1.165, 1.54) is 11.9 Å². The van der Waals surface area contributed by atoms with Crippen LogP contribution in [0.1, 0.15) is 17.9 Å². The van der Waals surface area contributed by atoms with E-state index in [0.29, 0.717) is 5.92 Å². The fourth-order valence-electron chi connectivity index (χ4n) is 2.22. The summed E-state index contributed by atoms with van der Waals surface area (Å²) in [5, 5.41) is 13.9. The smallest absolute Gasteiger partial charge is 0.348 e. The van der Waals surface area contributed by atoms with Crippen molar-refractivity contribution in [1.82, 2.24) is 9.97 Å². The standard InChI is InChI=1S/C13H11ClN4O2/c14-12-11(18(19)20)13(16-7-15-12)17-10-6-9(10)8-4-2-1-3-5-8/h1-5,7,9-10H,6H2,(H,15,16,17). The minimum Gasteiger partial charge on any atom is -0.361 e. The lowest BCUT2D eigenvalue weighted by Gasteiger charge is -2.06. The third-order valence-electron chi connectivity index (χ3n) is 3.30. The van der Waals surface area contributed by atoms with Crippen LogP contribution in [0.4, 0.5) is 11.5 Å². The van der Waals surface area contributed by atoms with Crippen LogP contribution in [0.3, 0.4) is 0 Å². The Hall–Kier alpha value is -2.21. The molecule has 0 bridgehead atoms. The molecule has 6 nitrogen and oxygen atoms in total. The number of nitrogens with one attached hydrogen (secondary N) is 1. The minimum atomic E-state index is -0.565. The first-order valence-electron chi connectivity index (χ1n) is 6.13. The van der Waals surface area contributed by atoms with Crippen molar-refractivity contribution < 1.29 is 4.92 Å². The Morgan fingerprint density at radius 1 is 1.30 bits per heavy atom. The summed E-state index contributed by atoms with van der Waals surface area (Å²) in [6.45, 7) is 0. The second kappa shape index (κ2) is 5.05. The molecule has 1 N–H and O–H groups in total. The first-order valence-corrected chi connectivity index (χ1v) is 6.51. The SMILES string of the molecule is O=[N+]([O-])c1c(Cl)ncnc1NC1CC1c1ccccc1. The van der Waals surface area contributed by atoms with Crippen molar-refractivity contribution >= 4 is 23.1 Å². The molecule has 2 unspecified atom stereocenters. The summed E-state index contributed by atoms with van der Waals surface area (Å²) in [6, 6.07) is 10.2. The quantitative estimate of drug-likeness (QED) is 0.532. The fourth-order valence-corrected chi connectivity index (χ4v) is 2.43. The van der Waals surface area contributed by atoms with Gasteiger partial charge in [0.1, 0.15) is 6.33 Å². The number of benzene rings is 1. The number of halogens is 1. The lowest BCUT2D eigenvalue weighted by molar-refractivity contribution is -0.384. The maximum Gasteiger partial charge on any atom is 0.348 e. The summed E-state index contributed by atoms with van der Waals surface area (Å²) < 4.78 is 0. The largest absolute Gasteiger partial charge is 0.361 e. The monoisotopic (exact) mass is 290 g/mol. The molecule has 2 aromatic rings. The van der Waals surface area contributed by atoms with Crippen LogP contribution in [0.2, 0.25) is 5.15 Å². The number of nitrogens with zero attached hydrogens (tertiary/aromatic N) is 3. The number of anilines is 1. The third-order valence-corrected chi connectivity index (χ3v) is 3.58. The lowest BCUT2D eigenvalue weighted by Crippen LogP contribution is -2.09. The van der Waals surface area contributed by atoms with Gasteiger partial charge >= 0.3 is 5.69 Å². The summed E-state index contributed by atoms with van der Waals surface area (Å²) in [6.07, 6.45) is 2.14. The van der Waals surface area contributed by atoms with Crippen LogP contribution >= 0.6 is 11.6 Å². The van der Waals surface area contributed by atoms with Gasteiger partial charge in [-0.3, -0.25) is 10.1 Å². The molecule has 0 amide bonds. The molecule has 102 valence electrons. The minimum absolute atomic E-state index is 0.141. The molecule has 1 aromatic carbocycles. The molecule has 1 saturated carbocycles. The first-order chi connectivity index (χ1) is 9.66. The highest BCUT2D eigenvalue weighted by Gasteiger charge is 2.40. The molecule has 1 aromatic heterocycles. The molecule has 3 rings (SSSR count). The van der Waals surface area contributed by atoms with Crippen LogP contribution in [0.15, 0.2) is 36.7 Å². The van der Waals surface area contributed by atoms with Crippen molar-refractivity contribution in [1.29, 1.82) is 0 Å². The average Bonchev–Trinajstić information content (AvgIpc) is 3.18. The summed E-state index contributed by atoms with van der Waals surface area (Å²) in [7, 11) is 0. The zero-order chi connectivity index (χ0) is 14.1. The van der Waals surface area contributed by atoms with Gasteiger partial charge < -0.3 is 5.32 Å². The zero-order valence-corrected chi connectivity index (χ0v) is 11.1. The highest BCUT2D eigenvalue weighted by atomic mass is 35.5. The maximum absolute atomic E-state index is 11.0. The predicted octanol–water partition coefficient (Wildman–Crippen LogP) is 3.01. The fraction of sp³-hybridized carbons (Fsp3) is 0.231. The summed E-state index contributed by atoms with van der Waals surface area (Å²) in [5.74, 6) is 0.531. The molecule has 20 heavy (non-hydrogen) atoms. The van der Waals surface area contributed by atoms with Crippen LogP contribution in [0, 0.1) is 10.1 Å². The molecule has 7 heteroatoms. The van der Waals surface area contributed by atoms with E-state index in [1.54, 1.807) is 0 Å². The van der Waals surface area contributed by atoms with Crippen molar-refractivity contribution in [2.45, 2.75) is 18.4 Å². The van der Waals surface area contributed by atoms with E-state index in [0.717, 1.165) is 6.42 Å². The molecule has 0 saturated heterocycles. The van der Waals surface area contributed by atoms with Crippen LogP contribution in [-0.2, 0) is 0 Å². The Bertz CT molecular complexity index is 650. The van der Waals surface area contributed by atoms with E-state index >= 15 is 0 Å². The van der Waals surface area contributed by atoms with Crippen molar-refractivity contribution in [3.63, 3.8) is 0 Å². The molecule has 1 aliphatic rings. The van der Waals surface area contributed by atoms with Crippen LogP contribution in [-0.4, -0.2) is 20.9 Å². The van der Waals surface area contributed by atoms with E-state index < -0.39 is 4.92 Å². The number of hydrogen-bond donors (Lipinski definition) is 1. The Kier molecular flexibility index (Phi) is 3.23. The Morgan fingerprint density at radius 3 is 2.75 bits per heavy atom. The molecule has 0 radical (unpaired) electrons. The van der Waals surface area contributed by atoms with Gasteiger partial charge in [-0.25, -0.2) is 9.97 Å². The van der Waals surface area contributed by atoms with E-state index in [4.69, 9.17) is 11.6 Å². The van der Waals surface area contributed by atoms with Gasteiger partial charge in [-0.15, -0.1) is 0 Å². The van der Waals surface area contributed by atoms with Crippen molar-refractivity contribution in [3.05, 3.63) is 57.5 Å². The van der Waals surface area contributed by atoms with Crippen LogP contribution in [0.5, 0.6) is 0 Å². The van der Waals surface area contributed by atoms with E-state index in [9.17, 15) is 10.1 Å². The summed E-state index contributed by atoms with van der Waals surface area (Å²) in [5.41, 5.74) is 0.945. The van der Waals surface area contributed by atoms with Crippen LogP contribution < -0.4 is 5.32 Å². The molecule has 2 atom stereocenters. The van der Waals surface area contributed by atoms with Gasteiger partial charge in [0.2, 0.25) is 11.0 Å². The van der Waals surface area contributed by atoms with E-state index in [-0.39, 0.29) is 22.7 Å². The van der Waals surface area contributed by atoms with Crippen molar-refractivity contribution in [2.75, 3.05) is 5.32 Å². The Labute approximate surface area is 120 Å². The molecule has 1 fully saturated rings. The average molecular weight is 291 g/mol. The van der Waals surface area contributed by atoms with Gasteiger partial charge in [0.05, 0.1) is 4.92 Å². The Balaban J connectivity index is 1.78. The second-order valence-corrected chi connectivity index (χ2v) is 4.98. The first kappa shape index (κ1) is 12.8. The molecule has 1 aliphatic carbocycles. The molecular weight excluding hydrogens is 280 g/mol. The molecule has 0 aliphatic heterocycles. The number of nitro groups is 1. The van der Waals surface area contributed by atoms with Gasteiger partial charge in [0.25, 0.3) is 0 Å². The molecule has 0 spiro atoms. The number of hydrogen-bond acceptors (Lipinski definition) is 5. The molecule has 1 heterocycles. The van der Waals surface area contributed by atoms with E-state index in [2.05, 4.69) is 15.3 Å². The van der Waals surface area contributed by atoms with Gasteiger partial charge in [-0.2, -0.15) is 0 Å². The number of aromatic nitrogens is 2. The van der Waals surface area contributed by atoms with Crippen LogP contribution in [0.25, 0.3) is 0 Å². The number of rotatable bonds is 4. The highest BCUT2D eigenvalue weighted by molar-refractivity contribution is 6.31. The van der Waals surface area contributed by atoms with Gasteiger partial charge in [0.15, 0.2) is 0 Å². The van der Waals surface area contributed by atoms with Gasteiger partial charge in [-0.05, 0) is 12.0 Å². The van der Waals surface area contributed by atoms with Gasteiger partial charge in [0, 0.05) is 12.0 Å². The topological polar surface area (TPSA) is 81.0 Å². The zero-order valence-electron chi connectivity index (χ0n) is 10.4. The van der Waals surface area contributed by atoms with Crippen molar-refractivity contribution in [2.24, 2.45) is 0 Å². The Morgan fingerprint density at radius 2 is 2.05 bits per heavy atom. The molecular formula is C13H11ClN4O2. The maximum atomic E-state index is 11.0. The summed E-state index contributed by atoms with van der Waals surface area (Å²) >= 11 is 5.75. The lowest BCUT2D eigenvalue weighted by atomic mass is 10.1. The highest BCUT2D eigenvalue weighted by Crippen LogP contribution is 2.43. The van der Waals surface area contributed by atoms with Crippen molar-refractivity contribution in [3.8, 4) is 0 Å². The van der Waals surface area contributed by atoms with Gasteiger partial charge in [-0.1, -0.05) is 41.9 Å². The van der Waals surface area contributed by atoms with E-state index in [1.807, 2.05) is 30.3 Å². The summed E-state index contributed by atoms with van der Waals surface area (Å²) in [4.78, 5) is 18.0. The predicted molar refractivity (Wildman–Crippen MR) is 74.9 cm³/mol. The third kappa shape index (κ3) is 2.42. The normalized spacial score (nSPS) is 20.4.